The number of hydrogen-bond donors (Lipinski definition) is 0. The van der Waals surface area contributed by atoms with Gasteiger partial charge in [-0.3, -0.25) is 0 Å². The first-order valence-corrected chi connectivity index (χ1v) is 8.88. The molecular formula is C17H15N3O2S. The molecule has 0 unspecified atom stereocenters. The van der Waals surface area contributed by atoms with Gasteiger partial charge in [0.2, 0.25) is 10.0 Å². The van der Waals surface area contributed by atoms with E-state index in [2.05, 4.69) is 9.97 Å². The van der Waals surface area contributed by atoms with Gasteiger partial charge in [-0.1, -0.05) is 30.3 Å². The number of nitrogens with zero attached hydrogens (tertiary/aromatic N) is 3. The Morgan fingerprint density at radius 3 is 2.13 bits per heavy atom. The van der Waals surface area contributed by atoms with Gasteiger partial charge in [0, 0.05) is 13.0 Å². The molecule has 2 aromatic carbocycles. The van der Waals surface area contributed by atoms with Crippen molar-refractivity contribution in [3.63, 3.8) is 0 Å². The molecular weight excluding hydrogens is 310 g/mol. The molecule has 5 nitrogen and oxygen atoms in total. The third-order valence-corrected chi connectivity index (χ3v) is 5.89. The highest BCUT2D eigenvalue weighted by atomic mass is 32.2. The first-order chi connectivity index (χ1) is 11.1. The molecule has 0 amide bonds. The molecule has 2 heterocycles. The van der Waals surface area contributed by atoms with Crippen molar-refractivity contribution in [2.75, 3.05) is 6.54 Å². The lowest BCUT2D eigenvalue weighted by molar-refractivity contribution is 0.383. The van der Waals surface area contributed by atoms with Crippen LogP contribution in [0.2, 0.25) is 0 Å². The van der Waals surface area contributed by atoms with Gasteiger partial charge in [0.05, 0.1) is 33.9 Å². The van der Waals surface area contributed by atoms with E-state index in [0.717, 1.165) is 22.4 Å². The molecule has 23 heavy (non-hydrogen) atoms. The predicted octanol–water partition coefficient (Wildman–Crippen LogP) is 2.38. The fraction of sp³-hybridized carbons (Fsp3) is 0.176. The smallest absolute Gasteiger partial charge is 0.243 e. The van der Waals surface area contributed by atoms with E-state index < -0.39 is 10.0 Å². The van der Waals surface area contributed by atoms with Gasteiger partial charge in [-0.05, 0) is 24.3 Å². The number of rotatable bonds is 2. The highest BCUT2D eigenvalue weighted by Gasteiger charge is 2.29. The zero-order valence-corrected chi connectivity index (χ0v) is 13.2. The first-order valence-electron chi connectivity index (χ1n) is 7.44. The topological polar surface area (TPSA) is 63.2 Å². The Hall–Kier alpha value is -2.31. The Labute approximate surface area is 134 Å². The summed E-state index contributed by atoms with van der Waals surface area (Å²) < 4.78 is 27.0. The van der Waals surface area contributed by atoms with Crippen molar-refractivity contribution in [2.24, 2.45) is 0 Å². The number of benzene rings is 2. The highest BCUT2D eigenvalue weighted by molar-refractivity contribution is 7.89. The maximum absolute atomic E-state index is 12.7. The van der Waals surface area contributed by atoms with Gasteiger partial charge in [0.1, 0.15) is 0 Å². The van der Waals surface area contributed by atoms with Crippen LogP contribution in [0.25, 0.3) is 11.0 Å². The summed E-state index contributed by atoms with van der Waals surface area (Å²) in [6, 6.07) is 16.2. The van der Waals surface area contributed by atoms with E-state index >= 15 is 0 Å². The van der Waals surface area contributed by atoms with Crippen molar-refractivity contribution in [2.45, 2.75) is 17.9 Å². The Morgan fingerprint density at radius 1 is 0.826 bits per heavy atom. The molecule has 3 aromatic rings. The van der Waals surface area contributed by atoms with Crippen LogP contribution in [0.1, 0.15) is 11.4 Å². The summed E-state index contributed by atoms with van der Waals surface area (Å²) in [5.41, 5.74) is 3.29. The minimum absolute atomic E-state index is 0.268. The lowest BCUT2D eigenvalue weighted by atomic mass is 10.1. The maximum Gasteiger partial charge on any atom is 0.243 e. The summed E-state index contributed by atoms with van der Waals surface area (Å²) in [4.78, 5) is 9.54. The number of hydrogen-bond acceptors (Lipinski definition) is 4. The van der Waals surface area contributed by atoms with Crippen molar-refractivity contribution in [1.29, 1.82) is 0 Å². The second-order valence-electron chi connectivity index (χ2n) is 5.51. The first kappa shape index (κ1) is 14.3. The van der Waals surface area contributed by atoms with Gasteiger partial charge in [-0.2, -0.15) is 4.31 Å². The van der Waals surface area contributed by atoms with Crippen LogP contribution in [0.3, 0.4) is 0 Å². The molecule has 0 fully saturated rings. The number of para-hydroxylation sites is 2. The SMILES string of the molecule is O=S(=O)(c1ccccc1)N1CCc2nc3ccccc3nc2C1. The van der Waals surface area contributed by atoms with Crippen molar-refractivity contribution in [3.8, 4) is 0 Å². The van der Waals surface area contributed by atoms with Crippen LogP contribution in [0.15, 0.2) is 59.5 Å². The highest BCUT2D eigenvalue weighted by Crippen LogP contribution is 2.24. The summed E-state index contributed by atoms with van der Waals surface area (Å²) in [5.74, 6) is 0. The monoisotopic (exact) mass is 325 g/mol. The van der Waals surface area contributed by atoms with Gasteiger partial charge < -0.3 is 0 Å². The Kier molecular flexibility index (Phi) is 3.36. The molecule has 1 aliphatic rings. The predicted molar refractivity (Wildman–Crippen MR) is 87.3 cm³/mol. The van der Waals surface area contributed by atoms with E-state index in [4.69, 9.17) is 0 Å². The van der Waals surface area contributed by atoms with Crippen molar-refractivity contribution >= 4 is 21.1 Å². The molecule has 0 N–H and O–H groups in total. The average Bonchev–Trinajstić information content (AvgIpc) is 2.60. The van der Waals surface area contributed by atoms with Crippen LogP contribution in [-0.4, -0.2) is 29.2 Å². The van der Waals surface area contributed by atoms with Gasteiger partial charge >= 0.3 is 0 Å². The fourth-order valence-corrected chi connectivity index (χ4v) is 4.25. The largest absolute Gasteiger partial charge is 0.249 e. The molecule has 0 spiro atoms. The van der Waals surface area contributed by atoms with Crippen molar-refractivity contribution in [3.05, 3.63) is 66.0 Å². The minimum Gasteiger partial charge on any atom is -0.249 e. The third kappa shape index (κ3) is 2.50. The van der Waals surface area contributed by atoms with E-state index in [-0.39, 0.29) is 6.54 Å². The molecule has 116 valence electrons. The fourth-order valence-electron chi connectivity index (χ4n) is 2.82. The molecule has 0 radical (unpaired) electrons. The Balaban J connectivity index is 1.72. The molecule has 0 saturated carbocycles. The second-order valence-corrected chi connectivity index (χ2v) is 7.45. The number of aromatic nitrogens is 2. The van der Waals surface area contributed by atoms with Gasteiger partial charge in [0.25, 0.3) is 0 Å². The van der Waals surface area contributed by atoms with Crippen LogP contribution in [-0.2, 0) is 23.0 Å². The average molecular weight is 325 g/mol. The molecule has 6 heteroatoms. The van der Waals surface area contributed by atoms with Crippen LogP contribution in [0.4, 0.5) is 0 Å². The summed E-state index contributed by atoms with van der Waals surface area (Å²) >= 11 is 0. The molecule has 1 aliphatic heterocycles. The summed E-state index contributed by atoms with van der Waals surface area (Å²) in [6.45, 7) is 0.696. The van der Waals surface area contributed by atoms with Crippen LogP contribution in [0.5, 0.6) is 0 Å². The zero-order valence-electron chi connectivity index (χ0n) is 12.4. The van der Waals surface area contributed by atoms with Crippen LogP contribution >= 0.6 is 0 Å². The van der Waals surface area contributed by atoms with E-state index in [1.165, 1.54) is 4.31 Å². The quantitative estimate of drug-likeness (QED) is 0.726. The standard InChI is InChI=1S/C17H15N3O2S/c21-23(22,13-6-2-1-3-7-13)20-11-10-16-17(12-20)19-15-9-5-4-8-14(15)18-16/h1-9H,10-12H2. The molecule has 0 aliphatic carbocycles. The van der Waals surface area contributed by atoms with Crippen molar-refractivity contribution in [1.82, 2.24) is 14.3 Å². The van der Waals surface area contributed by atoms with Crippen LogP contribution < -0.4 is 0 Å². The number of sulfonamides is 1. The van der Waals surface area contributed by atoms with E-state index in [1.54, 1.807) is 24.3 Å². The van der Waals surface area contributed by atoms with Gasteiger partial charge in [-0.25, -0.2) is 18.4 Å². The molecule has 0 bridgehead atoms. The molecule has 4 rings (SSSR count). The summed E-state index contributed by atoms with van der Waals surface area (Å²) in [7, 11) is -3.49. The van der Waals surface area contributed by atoms with E-state index in [0.29, 0.717) is 17.9 Å². The Morgan fingerprint density at radius 2 is 1.43 bits per heavy atom. The molecule has 1 aromatic heterocycles. The normalized spacial score (nSPS) is 15.5. The molecule has 0 saturated heterocycles. The lowest BCUT2D eigenvalue weighted by Gasteiger charge is -2.27. The van der Waals surface area contributed by atoms with Gasteiger partial charge in [-0.15, -0.1) is 0 Å². The third-order valence-electron chi connectivity index (χ3n) is 4.03. The zero-order chi connectivity index (χ0) is 15.9. The van der Waals surface area contributed by atoms with E-state index in [9.17, 15) is 8.42 Å². The number of fused-ring (bicyclic) bond motifs is 2. The second kappa shape index (κ2) is 5.40. The summed E-state index contributed by atoms with van der Waals surface area (Å²) in [6.07, 6.45) is 0.583. The lowest BCUT2D eigenvalue weighted by Crippen LogP contribution is -2.36. The summed E-state index contributed by atoms with van der Waals surface area (Å²) in [5, 5.41) is 0. The van der Waals surface area contributed by atoms with E-state index in [1.807, 2.05) is 30.3 Å². The minimum atomic E-state index is -3.49. The van der Waals surface area contributed by atoms with Crippen molar-refractivity contribution < 1.29 is 8.42 Å². The maximum atomic E-state index is 12.7. The van der Waals surface area contributed by atoms with Crippen LogP contribution in [0, 0.1) is 0 Å². The van der Waals surface area contributed by atoms with Gasteiger partial charge in [0.15, 0.2) is 0 Å². The Bertz CT molecular complexity index is 972. The molecule has 0 atom stereocenters.